The Morgan fingerprint density at radius 3 is 2.81 bits per heavy atom. The zero-order valence-corrected chi connectivity index (χ0v) is 18.2. The van der Waals surface area contributed by atoms with Crippen molar-refractivity contribution in [2.75, 3.05) is 0 Å². The largest absolute Gasteiger partial charge is 0.457 e. The van der Waals surface area contributed by atoms with Gasteiger partial charge in [0.05, 0.1) is 11.3 Å². The van der Waals surface area contributed by atoms with Crippen LogP contribution in [-0.2, 0) is 9.53 Å². The zero-order chi connectivity index (χ0) is 22.2. The summed E-state index contributed by atoms with van der Waals surface area (Å²) in [7, 11) is 0. The van der Waals surface area contributed by atoms with Crippen molar-refractivity contribution < 1.29 is 23.5 Å². The van der Waals surface area contributed by atoms with E-state index in [9.17, 15) is 9.59 Å². The smallest absolute Gasteiger partial charge is 0.379 e. The van der Waals surface area contributed by atoms with Gasteiger partial charge in [0, 0.05) is 15.6 Å². The summed E-state index contributed by atoms with van der Waals surface area (Å²) in [5, 5.41) is 1.37. The molecule has 0 saturated carbocycles. The topological polar surface area (TPSA) is 78.1 Å². The summed E-state index contributed by atoms with van der Waals surface area (Å²) in [6, 6.07) is 15.8. The van der Waals surface area contributed by atoms with Crippen LogP contribution >= 0.6 is 22.9 Å². The van der Waals surface area contributed by atoms with E-state index in [4.69, 9.17) is 25.5 Å². The maximum atomic E-state index is 12.5. The van der Waals surface area contributed by atoms with Gasteiger partial charge < -0.3 is 13.9 Å². The van der Waals surface area contributed by atoms with Gasteiger partial charge in [0.25, 0.3) is 0 Å². The Bertz CT molecular complexity index is 1430. The summed E-state index contributed by atoms with van der Waals surface area (Å²) in [5.74, 6) is -0.783. The third-order valence-corrected chi connectivity index (χ3v) is 6.38. The summed E-state index contributed by atoms with van der Waals surface area (Å²) in [5.41, 5.74) is 1.67. The number of nitrogens with zero attached hydrogens (tertiary/aromatic N) is 1. The molecule has 0 bridgehead atoms. The average molecular weight is 464 g/mol. The highest BCUT2D eigenvalue weighted by Gasteiger charge is 2.28. The molecule has 5 rings (SSSR count). The van der Waals surface area contributed by atoms with Gasteiger partial charge in [-0.2, -0.15) is 0 Å². The number of hydrogen-bond acceptors (Lipinski definition) is 7. The van der Waals surface area contributed by atoms with Gasteiger partial charge in [-0.15, -0.1) is 11.3 Å². The first-order valence-electron chi connectivity index (χ1n) is 9.56. The Morgan fingerprint density at radius 2 is 2.00 bits per heavy atom. The second-order valence-electron chi connectivity index (χ2n) is 6.99. The van der Waals surface area contributed by atoms with E-state index in [-0.39, 0.29) is 23.1 Å². The van der Waals surface area contributed by atoms with Gasteiger partial charge in [-0.3, -0.25) is 0 Å². The fourth-order valence-corrected chi connectivity index (χ4v) is 4.74. The Balaban J connectivity index is 1.49. The van der Waals surface area contributed by atoms with Crippen LogP contribution in [0.15, 0.2) is 76.0 Å². The molecule has 2 aromatic heterocycles. The molecule has 0 spiro atoms. The number of cyclic esters (lactones) is 1. The van der Waals surface area contributed by atoms with Crippen molar-refractivity contribution in [3.63, 3.8) is 0 Å². The van der Waals surface area contributed by atoms with Crippen molar-refractivity contribution in [2.24, 2.45) is 4.99 Å². The first-order valence-corrected chi connectivity index (χ1v) is 10.8. The fraction of sp³-hybridized carbons (Fsp3) is 0.0417. The number of fused-ring (bicyclic) bond motifs is 1. The SMILES string of the molecule is Cc1ccc2c(Cl)c(C3=N/C(=C/c4ccccc4OC(=O)c4ccco4)C(=O)O3)sc2c1. The van der Waals surface area contributed by atoms with E-state index in [0.29, 0.717) is 15.5 Å². The molecule has 0 unspecified atom stereocenters. The van der Waals surface area contributed by atoms with Crippen molar-refractivity contribution in [1.82, 2.24) is 0 Å². The lowest BCUT2D eigenvalue weighted by molar-refractivity contribution is -0.129. The number of thiophene rings is 1. The van der Waals surface area contributed by atoms with Crippen LogP contribution in [0.1, 0.15) is 26.6 Å². The Kier molecular flexibility index (Phi) is 5.13. The summed E-state index contributed by atoms with van der Waals surface area (Å²) >= 11 is 7.94. The second-order valence-corrected chi connectivity index (χ2v) is 8.42. The molecule has 32 heavy (non-hydrogen) atoms. The third-order valence-electron chi connectivity index (χ3n) is 4.74. The predicted octanol–water partition coefficient (Wildman–Crippen LogP) is 6.02. The first kappa shape index (κ1) is 20.2. The summed E-state index contributed by atoms with van der Waals surface area (Å²) in [4.78, 5) is 29.7. The number of halogens is 1. The highest BCUT2D eigenvalue weighted by molar-refractivity contribution is 7.21. The third kappa shape index (κ3) is 3.72. The number of hydrogen-bond donors (Lipinski definition) is 0. The number of rotatable bonds is 4. The minimum atomic E-state index is -0.647. The lowest BCUT2D eigenvalue weighted by Crippen LogP contribution is -2.08. The molecule has 0 atom stereocenters. The quantitative estimate of drug-likeness (QED) is 0.210. The normalized spacial score (nSPS) is 14.6. The zero-order valence-electron chi connectivity index (χ0n) is 16.6. The van der Waals surface area contributed by atoms with Gasteiger partial charge in [-0.1, -0.05) is 41.9 Å². The number of esters is 2. The van der Waals surface area contributed by atoms with Crippen LogP contribution in [0, 0.1) is 6.92 Å². The number of carbonyl (C=O) groups excluding carboxylic acids is 2. The van der Waals surface area contributed by atoms with Gasteiger partial charge in [0.15, 0.2) is 5.70 Å². The summed E-state index contributed by atoms with van der Waals surface area (Å²) in [6.45, 7) is 2.00. The highest BCUT2D eigenvalue weighted by atomic mass is 35.5. The average Bonchev–Trinajstić information content (AvgIpc) is 3.50. The van der Waals surface area contributed by atoms with Crippen molar-refractivity contribution in [3.8, 4) is 5.75 Å². The van der Waals surface area contributed by atoms with Crippen LogP contribution in [0.5, 0.6) is 5.75 Å². The number of ether oxygens (including phenoxy) is 2. The van der Waals surface area contributed by atoms with Crippen LogP contribution in [0.4, 0.5) is 0 Å². The predicted molar refractivity (Wildman–Crippen MR) is 122 cm³/mol. The lowest BCUT2D eigenvalue weighted by Gasteiger charge is -2.06. The molecule has 0 radical (unpaired) electrons. The van der Waals surface area contributed by atoms with Crippen molar-refractivity contribution in [1.29, 1.82) is 0 Å². The Morgan fingerprint density at radius 1 is 1.16 bits per heavy atom. The molecular weight excluding hydrogens is 450 g/mol. The molecule has 158 valence electrons. The monoisotopic (exact) mass is 463 g/mol. The molecular formula is C24H14ClNO5S. The Hall–Kier alpha value is -3.68. The molecule has 0 amide bonds. The van der Waals surface area contributed by atoms with E-state index in [0.717, 1.165) is 15.6 Å². The standard InChI is InChI=1S/C24H14ClNO5S/c1-13-8-9-15-19(11-13)32-21(20(15)25)22-26-16(23(27)31-22)12-14-5-2-3-6-17(14)30-24(28)18-7-4-10-29-18/h2-12H,1H3/b16-12+. The number of aryl methyl sites for hydroxylation is 1. The van der Waals surface area contributed by atoms with Crippen LogP contribution in [0.3, 0.4) is 0 Å². The number of para-hydroxylation sites is 1. The highest BCUT2D eigenvalue weighted by Crippen LogP contribution is 2.38. The van der Waals surface area contributed by atoms with Gasteiger partial charge >= 0.3 is 11.9 Å². The van der Waals surface area contributed by atoms with E-state index >= 15 is 0 Å². The van der Waals surface area contributed by atoms with E-state index in [2.05, 4.69) is 4.99 Å². The van der Waals surface area contributed by atoms with E-state index in [1.54, 1.807) is 30.3 Å². The minimum absolute atomic E-state index is 0.0719. The summed E-state index contributed by atoms with van der Waals surface area (Å²) in [6.07, 6.45) is 2.89. The molecule has 2 aromatic carbocycles. The fourth-order valence-electron chi connectivity index (χ4n) is 3.20. The molecule has 6 nitrogen and oxygen atoms in total. The summed E-state index contributed by atoms with van der Waals surface area (Å²) < 4.78 is 16.9. The molecule has 8 heteroatoms. The Labute approximate surface area is 191 Å². The van der Waals surface area contributed by atoms with E-state index in [1.165, 1.54) is 29.7 Å². The van der Waals surface area contributed by atoms with Crippen LogP contribution in [-0.4, -0.2) is 17.8 Å². The number of benzene rings is 2. The molecule has 4 aromatic rings. The number of carbonyl (C=O) groups is 2. The molecule has 0 N–H and O–H groups in total. The molecule has 1 aliphatic rings. The molecule has 0 fully saturated rings. The van der Waals surface area contributed by atoms with Gasteiger partial charge in [-0.05, 0) is 42.8 Å². The van der Waals surface area contributed by atoms with Crippen molar-refractivity contribution in [2.45, 2.75) is 6.92 Å². The molecule has 0 saturated heterocycles. The lowest BCUT2D eigenvalue weighted by atomic mass is 10.1. The minimum Gasteiger partial charge on any atom is -0.457 e. The van der Waals surface area contributed by atoms with E-state index < -0.39 is 11.9 Å². The van der Waals surface area contributed by atoms with Crippen LogP contribution in [0.2, 0.25) is 5.02 Å². The van der Waals surface area contributed by atoms with Gasteiger partial charge in [0.1, 0.15) is 10.6 Å². The van der Waals surface area contributed by atoms with E-state index in [1.807, 2.05) is 25.1 Å². The maximum absolute atomic E-state index is 12.5. The molecule has 0 aliphatic carbocycles. The van der Waals surface area contributed by atoms with Crippen molar-refractivity contribution >= 4 is 56.9 Å². The van der Waals surface area contributed by atoms with Gasteiger partial charge in [0.2, 0.25) is 11.7 Å². The first-order chi connectivity index (χ1) is 15.5. The van der Waals surface area contributed by atoms with Crippen LogP contribution < -0.4 is 4.74 Å². The number of furan rings is 1. The van der Waals surface area contributed by atoms with Gasteiger partial charge in [-0.25, -0.2) is 14.6 Å². The maximum Gasteiger partial charge on any atom is 0.379 e. The molecule has 1 aliphatic heterocycles. The number of aliphatic imine (C=N–C) groups is 1. The second kappa shape index (κ2) is 8.11. The molecule has 3 heterocycles. The van der Waals surface area contributed by atoms with Crippen LogP contribution in [0.25, 0.3) is 16.2 Å². The van der Waals surface area contributed by atoms with Crippen molar-refractivity contribution in [3.05, 3.63) is 93.3 Å².